The van der Waals surface area contributed by atoms with Crippen LogP contribution in [0.2, 0.25) is 0 Å². The Bertz CT molecular complexity index is 1730. The van der Waals surface area contributed by atoms with Gasteiger partial charge in [-0.25, -0.2) is 4.79 Å². The van der Waals surface area contributed by atoms with Crippen LogP contribution in [0, 0.1) is 5.92 Å². The number of benzene rings is 1. The first kappa shape index (κ1) is 48.5. The molecular weight excluding hydrogens is 760 g/mol. The summed E-state index contributed by atoms with van der Waals surface area (Å²) in [4.78, 5) is 105. The van der Waals surface area contributed by atoms with Crippen molar-refractivity contribution in [2.24, 2.45) is 17.4 Å². The summed E-state index contributed by atoms with van der Waals surface area (Å²) in [7, 11) is 0. The van der Waals surface area contributed by atoms with Crippen molar-refractivity contribution < 1.29 is 53.7 Å². The van der Waals surface area contributed by atoms with Crippen LogP contribution in [0.3, 0.4) is 0 Å². The third kappa shape index (κ3) is 15.7. The van der Waals surface area contributed by atoms with E-state index >= 15 is 0 Å². The Morgan fingerprint density at radius 1 is 0.690 bits per heavy atom. The van der Waals surface area contributed by atoms with Gasteiger partial charge in [-0.3, -0.25) is 33.6 Å². The predicted molar refractivity (Wildman–Crippen MR) is 210 cm³/mol. The van der Waals surface area contributed by atoms with Crippen molar-refractivity contribution in [1.29, 1.82) is 0 Å². The van der Waals surface area contributed by atoms with Gasteiger partial charge in [0.25, 0.3) is 0 Å². The first-order valence-corrected chi connectivity index (χ1v) is 19.0. The van der Waals surface area contributed by atoms with Gasteiger partial charge in [0.05, 0.1) is 25.8 Å². The van der Waals surface area contributed by atoms with Gasteiger partial charge in [-0.15, -0.1) is 0 Å². The number of aromatic nitrogens is 1. The number of carboxylic acids is 1. The fourth-order valence-corrected chi connectivity index (χ4v) is 5.64. The molecule has 2 rings (SSSR count). The number of carboxylic acid groups (broad SMARTS) is 1. The number of aliphatic carboxylic acids is 1. The Balaban J connectivity index is 2.06. The van der Waals surface area contributed by atoms with Crippen molar-refractivity contribution in [1.82, 2.24) is 42.2 Å². The van der Waals surface area contributed by atoms with Crippen LogP contribution >= 0.6 is 0 Å². The third-order valence-electron chi connectivity index (χ3n) is 8.87. The molecule has 1 aromatic heterocycles. The van der Waals surface area contributed by atoms with Crippen LogP contribution in [0.4, 0.5) is 0 Å². The molecule has 0 aliphatic carbocycles. The van der Waals surface area contributed by atoms with Crippen molar-refractivity contribution in [3.05, 3.63) is 36.0 Å². The molecule has 0 aliphatic rings. The van der Waals surface area contributed by atoms with Gasteiger partial charge >= 0.3 is 5.97 Å². The molecule has 0 saturated heterocycles. The number of hydrogen-bond donors (Lipinski definition) is 13. The predicted octanol–water partition coefficient (Wildman–Crippen LogP) is -3.65. The smallest absolute Gasteiger partial charge is 0.326 e. The van der Waals surface area contributed by atoms with Crippen LogP contribution in [0.15, 0.2) is 30.5 Å². The average Bonchev–Trinajstić information content (AvgIpc) is 3.58. The number of carbonyl (C=O) groups excluding carboxylic acids is 7. The highest BCUT2D eigenvalue weighted by Crippen LogP contribution is 2.19. The summed E-state index contributed by atoms with van der Waals surface area (Å²) < 4.78 is 0. The van der Waals surface area contributed by atoms with E-state index in [0.717, 1.165) is 10.9 Å². The molecule has 21 heteroatoms. The standard InChI is InChI=1S/C37H58N10O11/c1-19(2)13-26(34(54)45-27(37(57)58)14-22-15-40-24-10-6-5-9-23(22)24)44-35(55)29(18-49)47-36(56)28(17-48)46-32(52)21(4)42-33(53)25(11-7-8-12-38)43-30(50)16-41-31(51)20(3)39/h5-6,9-10,15,19-21,25-29,40,48-49H,7-8,11-14,16-18,38-39H2,1-4H3,(H,41,51)(H,42,53)(H,43,50)(H,44,55)(H,45,54)(H,46,52)(H,47,56)(H,57,58)/t20-,21-,25-,26-,27-,28-,29-/m0/s1. The fraction of sp³-hybridized carbons (Fsp3) is 0.568. The normalized spacial score (nSPS) is 14.8. The van der Waals surface area contributed by atoms with Crippen molar-refractivity contribution in [3.8, 4) is 0 Å². The van der Waals surface area contributed by atoms with Crippen molar-refractivity contribution in [2.45, 2.75) is 102 Å². The van der Waals surface area contributed by atoms with Crippen LogP contribution in [0.1, 0.15) is 58.9 Å². The summed E-state index contributed by atoms with van der Waals surface area (Å²) in [5.74, 6) is -7.38. The molecule has 7 atom stereocenters. The molecule has 0 fully saturated rings. The zero-order valence-electron chi connectivity index (χ0n) is 33.1. The lowest BCUT2D eigenvalue weighted by atomic mass is 10.0. The van der Waals surface area contributed by atoms with E-state index in [0.29, 0.717) is 24.9 Å². The minimum atomic E-state index is -1.67. The molecular formula is C37H58N10O11. The highest BCUT2D eigenvalue weighted by atomic mass is 16.4. The lowest BCUT2D eigenvalue weighted by Crippen LogP contribution is -2.60. The zero-order valence-corrected chi connectivity index (χ0v) is 33.1. The van der Waals surface area contributed by atoms with Gasteiger partial charge in [-0.1, -0.05) is 32.0 Å². The SMILES string of the molecule is CC(C)C[C@H](NC(=O)[C@H](CO)NC(=O)[C@H](CO)NC(=O)[C@H](C)NC(=O)[C@H](CCCCN)NC(=O)CNC(=O)[C@H](C)N)C(=O)N[C@@H](Cc1c[nH]c2ccccc12)C(=O)O. The number of para-hydroxylation sites is 1. The Hall–Kier alpha value is -5.64. The number of carbonyl (C=O) groups is 8. The number of aliphatic hydroxyl groups is 2. The van der Waals surface area contributed by atoms with Gasteiger partial charge in [0, 0.05) is 23.5 Å². The molecule has 21 nitrogen and oxygen atoms in total. The van der Waals surface area contributed by atoms with E-state index in [1.54, 1.807) is 32.2 Å². The maximum Gasteiger partial charge on any atom is 0.326 e. The first-order chi connectivity index (χ1) is 27.4. The number of fused-ring (bicyclic) bond motifs is 1. The lowest BCUT2D eigenvalue weighted by molar-refractivity contribution is -0.142. The number of H-pyrrole nitrogens is 1. The molecule has 322 valence electrons. The number of amides is 7. The quantitative estimate of drug-likeness (QED) is 0.0431. The van der Waals surface area contributed by atoms with Gasteiger partial charge in [0.2, 0.25) is 41.4 Å². The van der Waals surface area contributed by atoms with Crippen molar-refractivity contribution >= 4 is 58.2 Å². The molecule has 15 N–H and O–H groups in total. The number of nitrogens with one attached hydrogen (secondary N) is 8. The highest BCUT2D eigenvalue weighted by molar-refractivity contribution is 5.97. The molecule has 1 heterocycles. The first-order valence-electron chi connectivity index (χ1n) is 19.0. The van der Waals surface area contributed by atoms with Crippen LogP contribution in [-0.4, -0.2) is 136 Å². The van der Waals surface area contributed by atoms with Gasteiger partial charge in [0.1, 0.15) is 36.3 Å². The topological polar surface area (TPSA) is 349 Å². The highest BCUT2D eigenvalue weighted by Gasteiger charge is 2.33. The molecule has 0 aliphatic heterocycles. The number of aromatic amines is 1. The minimum Gasteiger partial charge on any atom is -0.480 e. The second-order valence-corrected chi connectivity index (χ2v) is 14.3. The minimum absolute atomic E-state index is 0.0592. The van der Waals surface area contributed by atoms with Gasteiger partial charge < -0.3 is 69.0 Å². The van der Waals surface area contributed by atoms with E-state index in [2.05, 4.69) is 42.2 Å². The Morgan fingerprint density at radius 3 is 1.81 bits per heavy atom. The van der Waals surface area contributed by atoms with E-state index in [-0.39, 0.29) is 25.2 Å². The number of aliphatic hydroxyl groups excluding tert-OH is 2. The van der Waals surface area contributed by atoms with Gasteiger partial charge in [-0.05, 0) is 63.6 Å². The van der Waals surface area contributed by atoms with Gasteiger partial charge in [-0.2, -0.15) is 0 Å². The summed E-state index contributed by atoms with van der Waals surface area (Å²) in [6.45, 7) is 4.17. The van der Waals surface area contributed by atoms with Crippen molar-refractivity contribution in [3.63, 3.8) is 0 Å². The maximum atomic E-state index is 13.4. The van der Waals surface area contributed by atoms with E-state index < -0.39 is 109 Å². The van der Waals surface area contributed by atoms with Gasteiger partial charge in [0.15, 0.2) is 0 Å². The summed E-state index contributed by atoms with van der Waals surface area (Å²) in [5.41, 5.74) is 12.4. The molecule has 7 amide bonds. The summed E-state index contributed by atoms with van der Waals surface area (Å²) in [6.07, 6.45) is 2.74. The Morgan fingerprint density at radius 2 is 1.24 bits per heavy atom. The number of nitrogens with two attached hydrogens (primary N) is 2. The number of unbranched alkanes of at least 4 members (excludes halogenated alkanes) is 1. The number of hydrogen-bond acceptors (Lipinski definition) is 12. The lowest BCUT2D eigenvalue weighted by Gasteiger charge is -2.26. The Labute approximate surface area is 335 Å². The molecule has 1 aromatic carbocycles. The van der Waals surface area contributed by atoms with E-state index in [4.69, 9.17) is 11.5 Å². The fourth-order valence-electron chi connectivity index (χ4n) is 5.64. The molecule has 58 heavy (non-hydrogen) atoms. The van der Waals surface area contributed by atoms with Crippen LogP contribution in [0.5, 0.6) is 0 Å². The third-order valence-corrected chi connectivity index (χ3v) is 8.87. The van der Waals surface area contributed by atoms with Crippen LogP contribution < -0.4 is 48.7 Å². The second-order valence-electron chi connectivity index (χ2n) is 14.3. The van der Waals surface area contributed by atoms with E-state index in [1.165, 1.54) is 13.8 Å². The molecule has 0 radical (unpaired) electrons. The molecule has 0 unspecified atom stereocenters. The molecule has 2 aromatic rings. The maximum absolute atomic E-state index is 13.4. The zero-order chi connectivity index (χ0) is 43.5. The van der Waals surface area contributed by atoms with E-state index in [9.17, 15) is 53.7 Å². The molecule has 0 saturated carbocycles. The average molecular weight is 819 g/mol. The molecule has 0 bridgehead atoms. The van der Waals surface area contributed by atoms with Crippen molar-refractivity contribution in [2.75, 3.05) is 26.3 Å². The van der Waals surface area contributed by atoms with Crippen LogP contribution in [-0.2, 0) is 44.8 Å². The van der Waals surface area contributed by atoms with Crippen LogP contribution in [0.25, 0.3) is 10.9 Å². The summed E-state index contributed by atoms with van der Waals surface area (Å²) in [5, 5.41) is 47.3. The van der Waals surface area contributed by atoms with E-state index in [1.807, 2.05) is 12.1 Å². The Kier molecular flexibility index (Phi) is 20.2. The summed E-state index contributed by atoms with van der Waals surface area (Å²) in [6, 6.07) is -2.05. The number of rotatable bonds is 25. The second kappa shape index (κ2) is 24.2. The monoisotopic (exact) mass is 818 g/mol. The largest absolute Gasteiger partial charge is 0.480 e. The summed E-state index contributed by atoms with van der Waals surface area (Å²) >= 11 is 0. The molecule has 0 spiro atoms.